The smallest absolute Gasteiger partial charge is 0.0510 e. The number of nitrogens with zero attached hydrogens (tertiary/aromatic N) is 3. The van der Waals surface area contributed by atoms with Crippen molar-refractivity contribution in [2.75, 3.05) is 0 Å². The van der Waals surface area contributed by atoms with Crippen molar-refractivity contribution >= 4 is 0 Å². The molecule has 1 rings (SSSR count). The fourth-order valence-corrected chi connectivity index (χ4v) is 1.52. The van der Waals surface area contributed by atoms with E-state index in [1.54, 1.807) is 0 Å². The van der Waals surface area contributed by atoms with Gasteiger partial charge >= 0.3 is 0 Å². The molecule has 0 atom stereocenters. The quantitative estimate of drug-likeness (QED) is 0.393. The second-order valence-electron chi connectivity index (χ2n) is 3.40. The molecular weight excluding hydrogens is 174 g/mol. The van der Waals surface area contributed by atoms with Gasteiger partial charge in [-0.1, -0.05) is 36.7 Å². The first-order chi connectivity index (χ1) is 6.77. The molecule has 0 spiro atoms. The molecule has 0 aliphatic rings. The van der Waals surface area contributed by atoms with Gasteiger partial charge in [-0.3, -0.25) is 0 Å². The molecule has 0 N–H and O–H groups in total. The summed E-state index contributed by atoms with van der Waals surface area (Å²) in [5.74, 6) is 0. The molecule has 0 amide bonds. The Morgan fingerprint density at radius 1 is 1.43 bits per heavy atom. The first-order valence-electron chi connectivity index (χ1n) is 4.87. The molecule has 0 saturated heterocycles. The lowest BCUT2D eigenvalue weighted by molar-refractivity contribution is 0.908. The summed E-state index contributed by atoms with van der Waals surface area (Å²) >= 11 is 0. The summed E-state index contributed by atoms with van der Waals surface area (Å²) in [6, 6.07) is 6.26. The molecule has 0 unspecified atom stereocenters. The van der Waals surface area contributed by atoms with Gasteiger partial charge in [-0.25, -0.2) is 0 Å². The van der Waals surface area contributed by atoms with Crippen LogP contribution in [-0.2, 0) is 13.0 Å². The molecule has 1 aromatic carbocycles. The van der Waals surface area contributed by atoms with E-state index in [1.807, 2.05) is 6.07 Å². The van der Waals surface area contributed by atoms with Crippen LogP contribution in [0.15, 0.2) is 23.3 Å². The van der Waals surface area contributed by atoms with E-state index in [0.29, 0.717) is 6.54 Å². The predicted octanol–water partition coefficient (Wildman–Crippen LogP) is 3.76. The topological polar surface area (TPSA) is 48.8 Å². The van der Waals surface area contributed by atoms with Gasteiger partial charge in [0.15, 0.2) is 0 Å². The number of hydrogen-bond acceptors (Lipinski definition) is 1. The molecule has 0 saturated carbocycles. The molecule has 0 heterocycles. The highest BCUT2D eigenvalue weighted by molar-refractivity contribution is 5.31. The molecule has 0 aliphatic heterocycles. The molecule has 0 aromatic heterocycles. The van der Waals surface area contributed by atoms with Crippen LogP contribution in [0.5, 0.6) is 0 Å². The highest BCUT2D eigenvalue weighted by Gasteiger charge is 1.98. The molecule has 3 nitrogen and oxygen atoms in total. The number of benzene rings is 1. The number of azide groups is 1. The Hall–Kier alpha value is -1.47. The van der Waals surface area contributed by atoms with Crippen molar-refractivity contribution in [1.82, 2.24) is 0 Å². The van der Waals surface area contributed by atoms with Gasteiger partial charge in [-0.05, 0) is 35.6 Å². The van der Waals surface area contributed by atoms with Crippen molar-refractivity contribution in [3.05, 3.63) is 45.3 Å². The molecule has 0 fully saturated rings. The average Bonchev–Trinajstić information content (AvgIpc) is 2.19. The second kappa shape index (κ2) is 5.30. The van der Waals surface area contributed by atoms with Crippen LogP contribution in [0.25, 0.3) is 10.4 Å². The van der Waals surface area contributed by atoms with Gasteiger partial charge in [0.25, 0.3) is 0 Å². The maximum atomic E-state index is 8.19. The average molecular weight is 189 g/mol. The third-order valence-corrected chi connectivity index (χ3v) is 2.24. The fraction of sp³-hybridized carbons (Fsp3) is 0.455. The summed E-state index contributed by atoms with van der Waals surface area (Å²) in [5.41, 5.74) is 12.0. The van der Waals surface area contributed by atoms with Crippen molar-refractivity contribution in [2.45, 2.75) is 33.2 Å². The Labute approximate surface area is 84.4 Å². The zero-order valence-electron chi connectivity index (χ0n) is 8.70. The zero-order valence-corrected chi connectivity index (χ0v) is 8.70. The Morgan fingerprint density at radius 2 is 2.21 bits per heavy atom. The maximum absolute atomic E-state index is 8.19. The Morgan fingerprint density at radius 3 is 2.79 bits per heavy atom. The van der Waals surface area contributed by atoms with E-state index in [0.717, 1.165) is 18.4 Å². The normalized spacial score (nSPS) is 9.57. The molecule has 0 bridgehead atoms. The van der Waals surface area contributed by atoms with Crippen molar-refractivity contribution in [3.63, 3.8) is 0 Å². The van der Waals surface area contributed by atoms with Crippen LogP contribution in [0.2, 0.25) is 0 Å². The van der Waals surface area contributed by atoms with E-state index in [1.165, 1.54) is 11.1 Å². The minimum absolute atomic E-state index is 0.448. The largest absolute Gasteiger partial charge is 0.0893 e. The molecule has 14 heavy (non-hydrogen) atoms. The highest BCUT2D eigenvalue weighted by Crippen LogP contribution is 2.13. The molecule has 0 aliphatic carbocycles. The first-order valence-corrected chi connectivity index (χ1v) is 4.87. The SMILES string of the molecule is CCCc1ccc(CN=[N+]=[N-])cc1C. The maximum Gasteiger partial charge on any atom is 0.0510 e. The van der Waals surface area contributed by atoms with Gasteiger partial charge < -0.3 is 0 Å². The van der Waals surface area contributed by atoms with E-state index >= 15 is 0 Å². The van der Waals surface area contributed by atoms with Crippen LogP contribution in [0.4, 0.5) is 0 Å². The lowest BCUT2D eigenvalue weighted by atomic mass is 10.0. The summed E-state index contributed by atoms with van der Waals surface area (Å²) in [6.07, 6.45) is 2.28. The van der Waals surface area contributed by atoms with E-state index < -0.39 is 0 Å². The van der Waals surface area contributed by atoms with E-state index in [4.69, 9.17) is 5.53 Å². The summed E-state index contributed by atoms with van der Waals surface area (Å²) in [4.78, 5) is 2.74. The van der Waals surface area contributed by atoms with Crippen LogP contribution in [0.1, 0.15) is 30.0 Å². The third kappa shape index (κ3) is 2.79. The minimum atomic E-state index is 0.448. The zero-order chi connectivity index (χ0) is 10.4. The van der Waals surface area contributed by atoms with Crippen LogP contribution in [0.3, 0.4) is 0 Å². The number of aryl methyl sites for hydroxylation is 2. The summed E-state index contributed by atoms with van der Waals surface area (Å²) < 4.78 is 0. The lowest BCUT2D eigenvalue weighted by Gasteiger charge is -2.05. The van der Waals surface area contributed by atoms with Crippen LogP contribution in [0, 0.1) is 6.92 Å². The van der Waals surface area contributed by atoms with Gasteiger partial charge in [-0.2, -0.15) is 0 Å². The molecular formula is C11H15N3. The number of rotatable bonds is 4. The third-order valence-electron chi connectivity index (χ3n) is 2.24. The van der Waals surface area contributed by atoms with Gasteiger partial charge in [-0.15, -0.1) is 0 Å². The summed E-state index contributed by atoms with van der Waals surface area (Å²) in [7, 11) is 0. The first kappa shape index (κ1) is 10.6. The minimum Gasteiger partial charge on any atom is -0.0893 e. The Bertz CT molecular complexity index is 352. The molecule has 0 radical (unpaired) electrons. The fourth-order valence-electron chi connectivity index (χ4n) is 1.52. The van der Waals surface area contributed by atoms with Crippen LogP contribution >= 0.6 is 0 Å². The van der Waals surface area contributed by atoms with Crippen molar-refractivity contribution < 1.29 is 0 Å². The van der Waals surface area contributed by atoms with Crippen molar-refractivity contribution in [1.29, 1.82) is 0 Å². The van der Waals surface area contributed by atoms with Gasteiger partial charge in [0.05, 0.1) is 6.54 Å². The highest BCUT2D eigenvalue weighted by atomic mass is 15.1. The van der Waals surface area contributed by atoms with E-state index in [9.17, 15) is 0 Å². The van der Waals surface area contributed by atoms with Crippen molar-refractivity contribution in [2.24, 2.45) is 5.11 Å². The van der Waals surface area contributed by atoms with Gasteiger partial charge in [0.1, 0.15) is 0 Å². The Balaban J connectivity index is 2.82. The monoisotopic (exact) mass is 189 g/mol. The Kier molecular flexibility index (Phi) is 4.02. The molecule has 3 heteroatoms. The van der Waals surface area contributed by atoms with Gasteiger partial charge in [0, 0.05) is 4.91 Å². The lowest BCUT2D eigenvalue weighted by Crippen LogP contribution is -1.90. The predicted molar refractivity (Wildman–Crippen MR) is 58.0 cm³/mol. The summed E-state index contributed by atoms with van der Waals surface area (Å²) in [6.45, 7) is 4.72. The van der Waals surface area contributed by atoms with Crippen molar-refractivity contribution in [3.8, 4) is 0 Å². The summed E-state index contributed by atoms with van der Waals surface area (Å²) in [5, 5.41) is 3.54. The van der Waals surface area contributed by atoms with E-state index in [-0.39, 0.29) is 0 Å². The molecule has 1 aromatic rings. The number of hydrogen-bond donors (Lipinski definition) is 0. The van der Waals surface area contributed by atoms with Crippen LogP contribution in [-0.4, -0.2) is 0 Å². The standard InChI is InChI=1S/C11H15N3/c1-3-4-11-6-5-10(7-9(11)2)8-13-14-12/h5-7H,3-4,8H2,1-2H3. The molecule has 74 valence electrons. The van der Waals surface area contributed by atoms with Crippen LogP contribution < -0.4 is 0 Å². The van der Waals surface area contributed by atoms with E-state index in [2.05, 4.69) is 36.0 Å². The van der Waals surface area contributed by atoms with Gasteiger partial charge in [0.2, 0.25) is 0 Å². The second-order valence-corrected chi connectivity index (χ2v) is 3.40.